The Morgan fingerprint density at radius 3 is 1.36 bits per heavy atom. The van der Waals surface area contributed by atoms with Crippen molar-refractivity contribution in [2.45, 2.75) is 64.1 Å². The molecule has 4 rings (SSSR count). The predicted octanol–water partition coefficient (Wildman–Crippen LogP) is -0.814. The van der Waals surface area contributed by atoms with E-state index in [0.717, 1.165) is 9.80 Å². The zero-order valence-corrected chi connectivity index (χ0v) is 20.5. The molecule has 1 aromatic heterocycles. The van der Waals surface area contributed by atoms with Gasteiger partial charge in [-0.2, -0.15) is 0 Å². The number of amides is 6. The molecule has 2 aliphatic rings. The van der Waals surface area contributed by atoms with E-state index in [-0.39, 0.29) is 26.2 Å². The van der Waals surface area contributed by atoms with Crippen LogP contribution in [0.1, 0.15) is 27.7 Å². The van der Waals surface area contributed by atoms with Gasteiger partial charge in [-0.15, -0.1) is 0 Å². The van der Waals surface area contributed by atoms with Crippen LogP contribution in [0, 0.1) is 0 Å². The molecule has 2 atom stereocenters. The molecule has 13 nitrogen and oxygen atoms in total. The number of para-hydroxylation sites is 2. The number of imide groups is 2. The number of aliphatic hydroxyl groups is 2. The number of carbonyl (C=O) groups is 4. The second-order valence-corrected chi connectivity index (χ2v) is 10.2. The summed E-state index contributed by atoms with van der Waals surface area (Å²) in [6.45, 7) is 5.22. The van der Waals surface area contributed by atoms with Crippen molar-refractivity contribution >= 4 is 34.9 Å². The maximum atomic E-state index is 13.3. The van der Waals surface area contributed by atoms with Crippen LogP contribution in [-0.4, -0.2) is 89.4 Å². The van der Waals surface area contributed by atoms with Crippen molar-refractivity contribution in [1.29, 1.82) is 0 Å². The predicted molar refractivity (Wildman–Crippen MR) is 127 cm³/mol. The Kier molecular flexibility index (Phi) is 6.17. The van der Waals surface area contributed by atoms with E-state index in [4.69, 9.17) is 0 Å². The van der Waals surface area contributed by atoms with E-state index in [1.165, 1.54) is 9.13 Å². The number of nitrogens with zero attached hydrogens (tertiary/aromatic N) is 4. The summed E-state index contributed by atoms with van der Waals surface area (Å²) in [5.41, 5.74) is -1.75. The Morgan fingerprint density at radius 1 is 0.694 bits per heavy atom. The molecule has 194 valence electrons. The van der Waals surface area contributed by atoms with Crippen molar-refractivity contribution in [2.24, 2.45) is 0 Å². The molecule has 36 heavy (non-hydrogen) atoms. The smallest absolute Gasteiger partial charge is 0.329 e. The summed E-state index contributed by atoms with van der Waals surface area (Å²) in [6, 6.07) is 5.52. The number of aliphatic hydroxyl groups excluding tert-OH is 2. The Balaban J connectivity index is 1.54. The van der Waals surface area contributed by atoms with Crippen molar-refractivity contribution in [2.75, 3.05) is 13.1 Å². The van der Waals surface area contributed by atoms with Crippen LogP contribution in [0.5, 0.6) is 0 Å². The van der Waals surface area contributed by atoms with Gasteiger partial charge in [0.1, 0.15) is 11.1 Å². The third-order valence-corrected chi connectivity index (χ3v) is 6.39. The molecule has 1 aromatic carbocycles. The lowest BCUT2D eigenvalue weighted by molar-refractivity contribution is -0.131. The molecule has 0 aliphatic carbocycles. The van der Waals surface area contributed by atoms with Crippen molar-refractivity contribution < 1.29 is 29.4 Å². The van der Waals surface area contributed by atoms with E-state index in [1.54, 1.807) is 52.0 Å². The molecular weight excluding hydrogens is 472 g/mol. The zero-order chi connectivity index (χ0) is 26.6. The molecule has 0 unspecified atom stereocenters. The molecule has 2 aliphatic heterocycles. The van der Waals surface area contributed by atoms with E-state index >= 15 is 0 Å². The minimum atomic E-state index is -1.23. The minimum Gasteiger partial charge on any atom is -0.389 e. The van der Waals surface area contributed by atoms with Crippen LogP contribution >= 0.6 is 0 Å². The van der Waals surface area contributed by atoms with E-state index in [1.807, 2.05) is 0 Å². The largest absolute Gasteiger partial charge is 0.389 e. The van der Waals surface area contributed by atoms with E-state index < -0.39 is 52.9 Å². The van der Waals surface area contributed by atoms with Crippen molar-refractivity contribution in [3.63, 3.8) is 0 Å². The number of nitrogens with one attached hydrogen (secondary N) is 2. The zero-order valence-electron chi connectivity index (χ0n) is 20.5. The first kappa shape index (κ1) is 25.4. The van der Waals surface area contributed by atoms with Crippen LogP contribution in [0.15, 0.2) is 29.1 Å². The monoisotopic (exact) mass is 502 g/mol. The van der Waals surface area contributed by atoms with Crippen molar-refractivity contribution in [3.8, 4) is 0 Å². The second kappa shape index (κ2) is 8.75. The van der Waals surface area contributed by atoms with Gasteiger partial charge >= 0.3 is 17.8 Å². The Bertz CT molecular complexity index is 1210. The average molecular weight is 503 g/mol. The fraction of sp³-hybridized carbons (Fsp3) is 0.522. The van der Waals surface area contributed by atoms with Gasteiger partial charge in [-0.25, -0.2) is 14.4 Å². The highest BCUT2D eigenvalue weighted by atomic mass is 16.3. The Morgan fingerprint density at radius 2 is 1.06 bits per heavy atom. The number of urea groups is 2. The van der Waals surface area contributed by atoms with Crippen molar-refractivity contribution in [1.82, 2.24) is 29.6 Å². The summed E-state index contributed by atoms with van der Waals surface area (Å²) in [5, 5.41) is 26.4. The molecular formula is C23H30N6O7. The lowest BCUT2D eigenvalue weighted by atomic mass is 10.1. The van der Waals surface area contributed by atoms with Gasteiger partial charge in [-0.3, -0.25) is 28.5 Å². The van der Waals surface area contributed by atoms with E-state index in [0.29, 0.717) is 11.0 Å². The van der Waals surface area contributed by atoms with Crippen LogP contribution < -0.4 is 16.3 Å². The molecule has 0 saturated carbocycles. The van der Waals surface area contributed by atoms with Gasteiger partial charge in [-0.1, -0.05) is 12.1 Å². The normalized spacial score (nSPS) is 20.7. The average Bonchev–Trinajstić information content (AvgIpc) is 3.24. The van der Waals surface area contributed by atoms with Gasteiger partial charge in [0.2, 0.25) is 0 Å². The first-order valence-electron chi connectivity index (χ1n) is 11.6. The standard InChI is InChI=1S/C23H30N6O7/c1-22(2)17(32)28(19(34)24-22)11-13(30)9-26-15-7-5-6-8-16(15)27(21(26)36)10-14(31)12-29-18(33)23(3,4)25-20(29)35/h5-8,13-14,30-31H,9-12H2,1-4H3,(H,24,34)(H,25,35)/t13-,14-/m0/s1. The number of carbonyl (C=O) groups excluding carboxylic acids is 4. The van der Waals surface area contributed by atoms with Crippen molar-refractivity contribution in [3.05, 3.63) is 34.7 Å². The third-order valence-electron chi connectivity index (χ3n) is 6.39. The van der Waals surface area contributed by atoms with Gasteiger partial charge in [-0.05, 0) is 39.8 Å². The number of benzene rings is 1. The fourth-order valence-corrected chi connectivity index (χ4v) is 4.55. The lowest BCUT2D eigenvalue weighted by Crippen LogP contribution is -2.43. The SMILES string of the molecule is CC1(C)NC(=O)N(C[C@@H](O)Cn2c(=O)n(C[C@H](O)CN3C(=O)NC(C)(C)C3=O)c3ccccc32)C1=O. The maximum Gasteiger partial charge on any atom is 0.329 e. The highest BCUT2D eigenvalue weighted by Gasteiger charge is 2.45. The van der Waals surface area contributed by atoms with Gasteiger partial charge in [0, 0.05) is 0 Å². The number of aromatic nitrogens is 2. The summed E-state index contributed by atoms with van der Waals surface area (Å²) in [6.07, 6.45) is -2.47. The molecule has 0 bridgehead atoms. The highest BCUT2D eigenvalue weighted by Crippen LogP contribution is 2.20. The first-order chi connectivity index (χ1) is 16.7. The molecule has 2 aromatic rings. The molecule has 4 N–H and O–H groups in total. The molecule has 3 heterocycles. The summed E-state index contributed by atoms with van der Waals surface area (Å²) in [5.74, 6) is -0.957. The third kappa shape index (κ3) is 4.35. The van der Waals surface area contributed by atoms with E-state index in [9.17, 15) is 34.2 Å². The minimum absolute atomic E-state index is 0.207. The molecule has 2 fully saturated rings. The fourth-order valence-electron chi connectivity index (χ4n) is 4.55. The molecule has 0 spiro atoms. The van der Waals surface area contributed by atoms with Crippen LogP contribution in [0.2, 0.25) is 0 Å². The quantitative estimate of drug-likeness (QED) is 0.342. The summed E-state index contributed by atoms with van der Waals surface area (Å²) in [4.78, 5) is 64.3. The highest BCUT2D eigenvalue weighted by molar-refractivity contribution is 6.07. The number of fused-ring (bicyclic) bond motifs is 1. The summed E-state index contributed by atoms with van der Waals surface area (Å²) >= 11 is 0. The number of imidazole rings is 1. The molecule has 13 heteroatoms. The second-order valence-electron chi connectivity index (χ2n) is 10.2. The van der Waals surface area contributed by atoms with Gasteiger partial charge < -0.3 is 20.8 Å². The Hall–Kier alpha value is -3.71. The molecule has 2 saturated heterocycles. The number of hydrogen-bond donors (Lipinski definition) is 4. The maximum absolute atomic E-state index is 13.3. The number of β-amino-alcohol motifs (C(OH)–C–C–N with tert-alkyl or cyclic N) is 2. The first-order valence-corrected chi connectivity index (χ1v) is 11.6. The van der Waals surface area contributed by atoms with Gasteiger partial charge in [0.15, 0.2) is 0 Å². The van der Waals surface area contributed by atoms with E-state index in [2.05, 4.69) is 10.6 Å². The number of rotatable bonds is 8. The van der Waals surface area contributed by atoms with Gasteiger partial charge in [0.25, 0.3) is 11.8 Å². The summed E-state index contributed by atoms with van der Waals surface area (Å²) < 4.78 is 2.60. The van der Waals surface area contributed by atoms with Crippen LogP contribution in [-0.2, 0) is 22.7 Å². The number of hydrogen-bond acceptors (Lipinski definition) is 7. The van der Waals surface area contributed by atoms with Crippen LogP contribution in [0.4, 0.5) is 9.59 Å². The molecule has 6 amide bonds. The summed E-state index contributed by atoms with van der Waals surface area (Å²) in [7, 11) is 0. The van der Waals surface area contributed by atoms with Gasteiger partial charge in [0.05, 0.1) is 49.4 Å². The van der Waals surface area contributed by atoms with Crippen LogP contribution in [0.25, 0.3) is 11.0 Å². The molecule has 0 radical (unpaired) electrons. The topological polar surface area (TPSA) is 166 Å². The van der Waals surface area contributed by atoms with Crippen LogP contribution in [0.3, 0.4) is 0 Å². The Labute approximate surface area is 206 Å². The lowest BCUT2D eigenvalue weighted by Gasteiger charge is -2.20.